The van der Waals surface area contributed by atoms with Gasteiger partial charge in [-0.05, 0) is 36.4 Å². The summed E-state index contributed by atoms with van der Waals surface area (Å²) >= 11 is 1.71. The fourth-order valence-electron chi connectivity index (χ4n) is 0.830. The Bertz CT molecular complexity index is 315. The van der Waals surface area contributed by atoms with Gasteiger partial charge in [-0.2, -0.15) is 5.26 Å². The maximum absolute atomic E-state index is 8.38. The summed E-state index contributed by atoms with van der Waals surface area (Å²) in [4.78, 5) is 1.28. The van der Waals surface area contributed by atoms with E-state index in [1.807, 2.05) is 13.0 Å². The Hall–Kier alpha value is -1.07. The zero-order valence-electron chi connectivity index (χ0n) is 6.59. The van der Waals surface area contributed by atoms with Crippen LogP contribution in [0.5, 0.6) is 0 Å². The Morgan fingerprint density at radius 3 is 2.91 bits per heavy atom. The molecule has 0 aliphatic rings. The van der Waals surface area contributed by atoms with Crippen molar-refractivity contribution in [2.45, 2.75) is 13.8 Å². The van der Waals surface area contributed by atoms with Crippen LogP contribution in [0.4, 0.5) is 0 Å². The predicted molar refractivity (Wildman–Crippen MR) is 48.3 cm³/mol. The van der Waals surface area contributed by atoms with Crippen LogP contribution in [0.15, 0.2) is 17.5 Å². The van der Waals surface area contributed by atoms with Gasteiger partial charge in [0.25, 0.3) is 0 Å². The average Bonchev–Trinajstić information content (AvgIpc) is 2.36. The van der Waals surface area contributed by atoms with E-state index in [-0.39, 0.29) is 0 Å². The molecule has 0 unspecified atom stereocenters. The van der Waals surface area contributed by atoms with Crippen molar-refractivity contribution >= 4 is 16.9 Å². The Kier molecular flexibility index (Phi) is 2.45. The van der Waals surface area contributed by atoms with Crippen LogP contribution in [0.3, 0.4) is 0 Å². The van der Waals surface area contributed by atoms with Gasteiger partial charge in [0.05, 0.1) is 6.07 Å². The highest BCUT2D eigenvalue weighted by Gasteiger charge is 1.96. The highest BCUT2D eigenvalue weighted by atomic mass is 32.1. The van der Waals surface area contributed by atoms with Gasteiger partial charge in [0.1, 0.15) is 0 Å². The summed E-state index contributed by atoms with van der Waals surface area (Å²) in [6.07, 6.45) is 1.57. The van der Waals surface area contributed by atoms with Gasteiger partial charge in [-0.15, -0.1) is 11.3 Å². The number of allylic oxidation sites excluding steroid dienone is 2. The molecule has 2 heteroatoms. The van der Waals surface area contributed by atoms with Crippen LogP contribution in [-0.4, -0.2) is 0 Å². The molecule has 0 bridgehead atoms. The van der Waals surface area contributed by atoms with Gasteiger partial charge in [0, 0.05) is 11.0 Å². The minimum atomic E-state index is 1.04. The minimum Gasteiger partial charge on any atom is -0.193 e. The normalized spacial score (nSPS) is 11.2. The Labute approximate surface area is 70.6 Å². The molecule has 0 saturated carbocycles. The minimum absolute atomic E-state index is 1.04. The van der Waals surface area contributed by atoms with Gasteiger partial charge >= 0.3 is 0 Å². The molecule has 0 N–H and O–H groups in total. The van der Waals surface area contributed by atoms with Crippen molar-refractivity contribution in [3.05, 3.63) is 28.0 Å². The van der Waals surface area contributed by atoms with Gasteiger partial charge in [-0.1, -0.05) is 0 Å². The van der Waals surface area contributed by atoms with Crippen molar-refractivity contribution in [1.82, 2.24) is 0 Å². The van der Waals surface area contributed by atoms with E-state index in [1.165, 1.54) is 4.88 Å². The van der Waals surface area contributed by atoms with Crippen molar-refractivity contribution in [2.75, 3.05) is 0 Å². The topological polar surface area (TPSA) is 23.8 Å². The lowest BCUT2D eigenvalue weighted by atomic mass is 10.1. The first-order valence-corrected chi connectivity index (χ1v) is 4.24. The van der Waals surface area contributed by atoms with Crippen LogP contribution in [0.1, 0.15) is 17.4 Å². The van der Waals surface area contributed by atoms with Crippen molar-refractivity contribution in [3.63, 3.8) is 0 Å². The number of rotatable bonds is 1. The predicted octanol–water partition coefficient (Wildman–Crippen LogP) is 2.98. The first kappa shape index (κ1) is 8.03. The maximum Gasteiger partial charge on any atom is 0.0915 e. The third-order valence-electron chi connectivity index (χ3n) is 1.47. The number of hydrogen-bond donors (Lipinski definition) is 0. The smallest absolute Gasteiger partial charge is 0.0915 e. The molecule has 1 nitrogen and oxygen atoms in total. The average molecular weight is 163 g/mol. The summed E-state index contributed by atoms with van der Waals surface area (Å²) in [5.74, 6) is 0. The Balaban J connectivity index is 2.95. The molecule has 1 aromatic rings. The molecule has 0 atom stereocenters. The third-order valence-corrected chi connectivity index (χ3v) is 2.33. The van der Waals surface area contributed by atoms with Crippen LogP contribution in [-0.2, 0) is 0 Å². The maximum atomic E-state index is 8.38. The fraction of sp³-hybridized carbons (Fsp3) is 0.222. The first-order valence-electron chi connectivity index (χ1n) is 3.36. The lowest BCUT2D eigenvalue weighted by molar-refractivity contribution is 1.52. The van der Waals surface area contributed by atoms with E-state index in [2.05, 4.69) is 18.4 Å². The molecular formula is C9H9NS. The van der Waals surface area contributed by atoms with E-state index >= 15 is 0 Å². The Morgan fingerprint density at radius 2 is 2.45 bits per heavy atom. The molecule has 0 aliphatic heterocycles. The van der Waals surface area contributed by atoms with E-state index in [0.29, 0.717) is 0 Å². The third kappa shape index (κ3) is 1.92. The van der Waals surface area contributed by atoms with Gasteiger partial charge in [-0.3, -0.25) is 0 Å². The van der Waals surface area contributed by atoms with Crippen LogP contribution in [0.25, 0.3) is 5.57 Å². The standard InChI is InChI=1S/C9H9NS/c1-7(3-4-10)9-5-8(2)11-6-9/h3,5-6H,1-2H3/b7-3+. The summed E-state index contributed by atoms with van der Waals surface area (Å²) in [5, 5.41) is 10.4. The highest BCUT2D eigenvalue weighted by molar-refractivity contribution is 7.10. The number of hydrogen-bond acceptors (Lipinski definition) is 2. The summed E-state index contributed by atoms with van der Waals surface area (Å²) in [7, 11) is 0. The molecule has 0 fully saturated rings. The lowest BCUT2D eigenvalue weighted by Crippen LogP contribution is -1.70. The number of thiophene rings is 1. The molecule has 11 heavy (non-hydrogen) atoms. The largest absolute Gasteiger partial charge is 0.193 e. The van der Waals surface area contributed by atoms with Crippen molar-refractivity contribution < 1.29 is 0 Å². The second kappa shape index (κ2) is 3.36. The monoisotopic (exact) mass is 163 g/mol. The molecule has 0 aliphatic carbocycles. The van der Waals surface area contributed by atoms with Crippen LogP contribution in [0.2, 0.25) is 0 Å². The molecule has 1 rings (SSSR count). The summed E-state index contributed by atoms with van der Waals surface area (Å²) < 4.78 is 0. The van der Waals surface area contributed by atoms with Gasteiger partial charge in [-0.25, -0.2) is 0 Å². The van der Waals surface area contributed by atoms with Gasteiger partial charge in [0.15, 0.2) is 0 Å². The second-order valence-corrected chi connectivity index (χ2v) is 3.52. The number of nitrogens with zero attached hydrogens (tertiary/aromatic N) is 1. The number of aryl methyl sites for hydroxylation is 1. The molecule has 1 aromatic heterocycles. The van der Waals surface area contributed by atoms with E-state index < -0.39 is 0 Å². The lowest BCUT2D eigenvalue weighted by Gasteiger charge is -1.90. The van der Waals surface area contributed by atoms with Crippen LogP contribution < -0.4 is 0 Å². The molecule has 0 radical (unpaired) electrons. The molecule has 0 amide bonds. The SMILES string of the molecule is C/C(=C\C#N)c1csc(C)c1. The van der Waals surface area contributed by atoms with Crippen LogP contribution in [0, 0.1) is 18.3 Å². The van der Waals surface area contributed by atoms with E-state index in [9.17, 15) is 0 Å². The molecular weight excluding hydrogens is 154 g/mol. The molecule has 1 heterocycles. The quantitative estimate of drug-likeness (QED) is 0.584. The zero-order valence-corrected chi connectivity index (χ0v) is 7.40. The highest BCUT2D eigenvalue weighted by Crippen LogP contribution is 2.20. The summed E-state index contributed by atoms with van der Waals surface area (Å²) in [5.41, 5.74) is 2.20. The first-order chi connectivity index (χ1) is 5.24. The van der Waals surface area contributed by atoms with Crippen LogP contribution >= 0.6 is 11.3 Å². The molecule has 0 aromatic carbocycles. The number of nitriles is 1. The zero-order chi connectivity index (χ0) is 8.27. The Morgan fingerprint density at radius 1 is 1.73 bits per heavy atom. The fourth-order valence-corrected chi connectivity index (χ4v) is 1.59. The van der Waals surface area contributed by atoms with Crippen molar-refractivity contribution in [1.29, 1.82) is 5.26 Å². The van der Waals surface area contributed by atoms with E-state index in [4.69, 9.17) is 5.26 Å². The van der Waals surface area contributed by atoms with E-state index in [1.54, 1.807) is 17.4 Å². The summed E-state index contributed by atoms with van der Waals surface area (Å²) in [6.45, 7) is 4.01. The van der Waals surface area contributed by atoms with E-state index in [0.717, 1.165) is 11.1 Å². The van der Waals surface area contributed by atoms with Crippen molar-refractivity contribution in [2.24, 2.45) is 0 Å². The molecule has 56 valence electrons. The van der Waals surface area contributed by atoms with Crippen molar-refractivity contribution in [3.8, 4) is 6.07 Å². The molecule has 0 spiro atoms. The second-order valence-electron chi connectivity index (χ2n) is 2.40. The van der Waals surface area contributed by atoms with Gasteiger partial charge < -0.3 is 0 Å². The molecule has 0 saturated heterocycles. The summed E-state index contributed by atoms with van der Waals surface area (Å²) in [6, 6.07) is 4.11. The van der Waals surface area contributed by atoms with Gasteiger partial charge in [0.2, 0.25) is 0 Å².